The lowest BCUT2D eigenvalue weighted by molar-refractivity contribution is 0.102. The first kappa shape index (κ1) is 15.8. The van der Waals surface area contributed by atoms with Gasteiger partial charge in [-0.1, -0.05) is 36.6 Å². The van der Waals surface area contributed by atoms with E-state index < -0.39 is 0 Å². The van der Waals surface area contributed by atoms with Crippen molar-refractivity contribution in [2.24, 2.45) is 0 Å². The standard InChI is InChI=1S/C18H20ClN3O/c19-15-7-3-4-8-16(15)21-18(23)17-10-9-14(13-20-17)22-11-5-1-2-6-12-22/h3-4,7-10,13H,1-2,5-6,11-12H2,(H,21,23). The van der Waals surface area contributed by atoms with E-state index >= 15 is 0 Å². The molecule has 1 aromatic heterocycles. The third kappa shape index (κ3) is 4.02. The van der Waals surface area contributed by atoms with E-state index in [1.807, 2.05) is 18.2 Å². The highest BCUT2D eigenvalue weighted by Crippen LogP contribution is 2.22. The molecule has 2 heterocycles. The topological polar surface area (TPSA) is 45.2 Å². The van der Waals surface area contributed by atoms with Gasteiger partial charge in [0.15, 0.2) is 0 Å². The number of carbonyl (C=O) groups excluding carboxylic acids is 1. The van der Waals surface area contributed by atoms with Gasteiger partial charge in [-0.15, -0.1) is 0 Å². The molecule has 1 aromatic carbocycles. The highest BCUT2D eigenvalue weighted by Gasteiger charge is 2.13. The normalized spacial score (nSPS) is 15.1. The van der Waals surface area contributed by atoms with Crippen molar-refractivity contribution in [3.63, 3.8) is 0 Å². The van der Waals surface area contributed by atoms with Crippen LogP contribution in [0.1, 0.15) is 36.2 Å². The van der Waals surface area contributed by atoms with E-state index in [1.165, 1.54) is 25.7 Å². The van der Waals surface area contributed by atoms with E-state index in [-0.39, 0.29) is 5.91 Å². The minimum Gasteiger partial charge on any atom is -0.370 e. The van der Waals surface area contributed by atoms with Gasteiger partial charge in [-0.2, -0.15) is 0 Å². The number of halogens is 1. The van der Waals surface area contributed by atoms with Crippen molar-refractivity contribution in [2.75, 3.05) is 23.3 Å². The van der Waals surface area contributed by atoms with Crippen LogP contribution in [-0.2, 0) is 0 Å². The Morgan fingerprint density at radius 1 is 1.04 bits per heavy atom. The average molecular weight is 330 g/mol. The van der Waals surface area contributed by atoms with Crippen LogP contribution in [0.2, 0.25) is 5.02 Å². The first-order chi connectivity index (χ1) is 11.2. The first-order valence-electron chi connectivity index (χ1n) is 8.01. The maximum absolute atomic E-state index is 12.3. The molecule has 0 bridgehead atoms. The number of pyridine rings is 1. The molecule has 1 N–H and O–H groups in total. The van der Waals surface area contributed by atoms with Crippen LogP contribution in [0.25, 0.3) is 0 Å². The van der Waals surface area contributed by atoms with Crippen LogP contribution in [0.5, 0.6) is 0 Å². The van der Waals surface area contributed by atoms with Gasteiger partial charge in [-0.05, 0) is 37.1 Å². The van der Waals surface area contributed by atoms with E-state index in [2.05, 4.69) is 15.2 Å². The summed E-state index contributed by atoms with van der Waals surface area (Å²) >= 11 is 6.06. The van der Waals surface area contributed by atoms with Crippen molar-refractivity contribution in [1.29, 1.82) is 0 Å². The molecule has 120 valence electrons. The Kier molecular flexibility index (Phi) is 5.13. The number of nitrogens with zero attached hydrogens (tertiary/aromatic N) is 2. The van der Waals surface area contributed by atoms with E-state index in [1.54, 1.807) is 24.4 Å². The minimum absolute atomic E-state index is 0.250. The third-order valence-corrected chi connectivity index (χ3v) is 4.40. The van der Waals surface area contributed by atoms with Gasteiger partial charge in [0.05, 0.1) is 22.6 Å². The second-order valence-electron chi connectivity index (χ2n) is 5.74. The molecule has 1 aliphatic rings. The molecule has 0 atom stereocenters. The number of para-hydroxylation sites is 1. The molecule has 4 nitrogen and oxygen atoms in total. The zero-order chi connectivity index (χ0) is 16.1. The monoisotopic (exact) mass is 329 g/mol. The number of anilines is 2. The maximum Gasteiger partial charge on any atom is 0.274 e. The molecule has 0 saturated carbocycles. The molecule has 1 amide bonds. The Hall–Kier alpha value is -2.07. The Balaban J connectivity index is 1.69. The zero-order valence-electron chi connectivity index (χ0n) is 13.0. The highest BCUT2D eigenvalue weighted by molar-refractivity contribution is 6.33. The summed E-state index contributed by atoms with van der Waals surface area (Å²) in [5.41, 5.74) is 2.07. The number of carbonyl (C=O) groups is 1. The van der Waals surface area contributed by atoms with Crippen molar-refractivity contribution >= 4 is 28.9 Å². The van der Waals surface area contributed by atoms with Crippen LogP contribution < -0.4 is 10.2 Å². The molecule has 0 spiro atoms. The molecular weight excluding hydrogens is 310 g/mol. The number of hydrogen-bond acceptors (Lipinski definition) is 3. The Labute approximate surface area is 141 Å². The molecule has 0 radical (unpaired) electrons. The fourth-order valence-corrected chi connectivity index (χ4v) is 2.97. The van der Waals surface area contributed by atoms with Gasteiger partial charge in [0, 0.05) is 13.1 Å². The van der Waals surface area contributed by atoms with Crippen molar-refractivity contribution in [3.05, 3.63) is 53.3 Å². The predicted octanol–water partition coefficient (Wildman–Crippen LogP) is 4.37. The molecule has 0 aliphatic carbocycles. The molecule has 1 aliphatic heterocycles. The summed E-state index contributed by atoms with van der Waals surface area (Å²) < 4.78 is 0. The van der Waals surface area contributed by atoms with Crippen LogP contribution >= 0.6 is 11.6 Å². The largest absolute Gasteiger partial charge is 0.370 e. The van der Waals surface area contributed by atoms with Crippen LogP contribution in [0.4, 0.5) is 11.4 Å². The quantitative estimate of drug-likeness (QED) is 0.909. The lowest BCUT2D eigenvalue weighted by Gasteiger charge is -2.22. The number of hydrogen-bond donors (Lipinski definition) is 1. The van der Waals surface area contributed by atoms with Crippen LogP contribution in [0.15, 0.2) is 42.6 Å². The zero-order valence-corrected chi connectivity index (χ0v) is 13.7. The second kappa shape index (κ2) is 7.47. The summed E-state index contributed by atoms with van der Waals surface area (Å²) in [6.07, 6.45) is 6.81. The summed E-state index contributed by atoms with van der Waals surface area (Å²) in [5.74, 6) is -0.250. The molecule has 5 heteroatoms. The van der Waals surface area contributed by atoms with Crippen LogP contribution in [-0.4, -0.2) is 24.0 Å². The van der Waals surface area contributed by atoms with Crippen LogP contribution in [0, 0.1) is 0 Å². The Morgan fingerprint density at radius 3 is 2.43 bits per heavy atom. The first-order valence-corrected chi connectivity index (χ1v) is 8.39. The van der Waals surface area contributed by atoms with Gasteiger partial charge in [0.1, 0.15) is 5.69 Å². The molecule has 2 aromatic rings. The van der Waals surface area contributed by atoms with Gasteiger partial charge in [0.2, 0.25) is 0 Å². The SMILES string of the molecule is O=C(Nc1ccccc1Cl)c1ccc(N2CCCCCC2)cn1. The van der Waals surface area contributed by atoms with Crippen molar-refractivity contribution in [2.45, 2.75) is 25.7 Å². The average Bonchev–Trinajstić information content (AvgIpc) is 2.86. The van der Waals surface area contributed by atoms with Crippen LogP contribution in [0.3, 0.4) is 0 Å². The van der Waals surface area contributed by atoms with Crippen molar-refractivity contribution < 1.29 is 4.79 Å². The van der Waals surface area contributed by atoms with E-state index in [0.29, 0.717) is 16.4 Å². The van der Waals surface area contributed by atoms with Gasteiger partial charge < -0.3 is 10.2 Å². The molecule has 1 saturated heterocycles. The van der Waals surface area contributed by atoms with Gasteiger partial charge in [-0.25, -0.2) is 4.98 Å². The second-order valence-corrected chi connectivity index (χ2v) is 6.14. The summed E-state index contributed by atoms with van der Waals surface area (Å²) in [7, 11) is 0. The smallest absolute Gasteiger partial charge is 0.274 e. The molecule has 0 unspecified atom stereocenters. The van der Waals surface area contributed by atoms with E-state index in [4.69, 9.17) is 11.6 Å². The third-order valence-electron chi connectivity index (χ3n) is 4.07. The predicted molar refractivity (Wildman–Crippen MR) is 94.3 cm³/mol. The summed E-state index contributed by atoms with van der Waals surface area (Å²) in [5, 5.41) is 3.30. The van der Waals surface area contributed by atoms with E-state index in [9.17, 15) is 4.79 Å². The lowest BCUT2D eigenvalue weighted by Crippen LogP contribution is -2.24. The summed E-state index contributed by atoms with van der Waals surface area (Å²) in [6, 6.07) is 10.9. The Morgan fingerprint density at radius 2 is 1.78 bits per heavy atom. The molecule has 23 heavy (non-hydrogen) atoms. The number of rotatable bonds is 3. The fourth-order valence-electron chi connectivity index (χ4n) is 2.79. The minimum atomic E-state index is -0.250. The fraction of sp³-hybridized carbons (Fsp3) is 0.333. The van der Waals surface area contributed by atoms with Gasteiger partial charge in [0.25, 0.3) is 5.91 Å². The van der Waals surface area contributed by atoms with Gasteiger partial charge >= 0.3 is 0 Å². The maximum atomic E-state index is 12.3. The number of benzene rings is 1. The lowest BCUT2D eigenvalue weighted by atomic mass is 10.2. The van der Waals surface area contributed by atoms with E-state index in [0.717, 1.165) is 18.8 Å². The number of nitrogens with one attached hydrogen (secondary N) is 1. The Bertz CT molecular complexity index is 664. The molecular formula is C18H20ClN3O. The summed E-state index contributed by atoms with van der Waals surface area (Å²) in [4.78, 5) is 18.9. The highest BCUT2D eigenvalue weighted by atomic mass is 35.5. The number of amides is 1. The number of aromatic nitrogens is 1. The molecule has 1 fully saturated rings. The van der Waals surface area contributed by atoms with Crippen molar-refractivity contribution in [1.82, 2.24) is 4.98 Å². The van der Waals surface area contributed by atoms with Crippen molar-refractivity contribution in [3.8, 4) is 0 Å². The van der Waals surface area contributed by atoms with Gasteiger partial charge in [-0.3, -0.25) is 4.79 Å². The molecule has 3 rings (SSSR count). The summed E-state index contributed by atoms with van der Waals surface area (Å²) in [6.45, 7) is 2.12.